The second-order valence-corrected chi connectivity index (χ2v) is 7.89. The van der Waals surface area contributed by atoms with E-state index in [1.54, 1.807) is 0 Å². The normalized spacial score (nSPS) is 18.8. The average Bonchev–Trinajstić information content (AvgIpc) is 3.40. The molecule has 2 fully saturated rings. The smallest absolute Gasteiger partial charge is 0.261 e. The monoisotopic (exact) mass is 335 g/mol. The second-order valence-electron chi connectivity index (χ2n) is 6.84. The molecule has 1 atom stereocenters. The van der Waals surface area contributed by atoms with E-state index in [0.29, 0.717) is 23.5 Å². The molecule has 5 nitrogen and oxygen atoms in total. The molecule has 126 valence electrons. The summed E-state index contributed by atoms with van der Waals surface area (Å²) in [6, 6.07) is 2.91. The number of nitrogens with zero attached hydrogens (tertiary/aromatic N) is 1. The molecule has 0 spiro atoms. The lowest BCUT2D eigenvalue weighted by atomic mass is 10.2. The minimum atomic E-state index is -0.0459. The van der Waals surface area contributed by atoms with Gasteiger partial charge in [-0.3, -0.25) is 14.5 Å². The highest BCUT2D eigenvalue weighted by Gasteiger charge is 2.31. The molecule has 2 aliphatic rings. The predicted octanol–water partition coefficient (Wildman–Crippen LogP) is 2.62. The standard InChI is InChI=1S/C17H25N3O2S/c1-10-8-14(19-16(21)12-4-5-12)23-15(10)17(22)18-9-11(2)20(3)13-6-7-13/h8,11-13H,4-7,9H2,1-3H3,(H,18,22)(H,19,21)/t11-/m0/s1. The van der Waals surface area contributed by atoms with Crippen molar-refractivity contribution in [1.29, 1.82) is 0 Å². The average molecular weight is 335 g/mol. The number of carbonyl (C=O) groups excluding carboxylic acids is 2. The Hall–Kier alpha value is -1.40. The van der Waals surface area contributed by atoms with Crippen molar-refractivity contribution in [3.05, 3.63) is 16.5 Å². The van der Waals surface area contributed by atoms with Gasteiger partial charge in [-0.25, -0.2) is 0 Å². The van der Waals surface area contributed by atoms with E-state index < -0.39 is 0 Å². The highest BCUT2D eigenvalue weighted by Crippen LogP contribution is 2.33. The van der Waals surface area contributed by atoms with E-state index in [-0.39, 0.29) is 17.7 Å². The molecule has 0 saturated heterocycles. The zero-order valence-electron chi connectivity index (χ0n) is 14.0. The first kappa shape index (κ1) is 16.5. The SMILES string of the molecule is Cc1cc(NC(=O)C2CC2)sc1C(=O)NC[C@H](C)N(C)C1CC1. The van der Waals surface area contributed by atoms with Gasteiger partial charge in [0.1, 0.15) is 0 Å². The third-order valence-electron chi connectivity index (χ3n) is 4.69. The van der Waals surface area contributed by atoms with Crippen molar-refractivity contribution in [2.45, 2.75) is 51.6 Å². The molecule has 0 aromatic carbocycles. The summed E-state index contributed by atoms with van der Waals surface area (Å²) < 4.78 is 0. The van der Waals surface area contributed by atoms with Crippen molar-refractivity contribution in [3.8, 4) is 0 Å². The summed E-state index contributed by atoms with van der Waals surface area (Å²) in [6.45, 7) is 4.70. The van der Waals surface area contributed by atoms with Crippen LogP contribution in [0.5, 0.6) is 0 Å². The van der Waals surface area contributed by atoms with Gasteiger partial charge in [-0.1, -0.05) is 0 Å². The van der Waals surface area contributed by atoms with E-state index in [1.807, 2.05) is 13.0 Å². The minimum Gasteiger partial charge on any atom is -0.350 e. The van der Waals surface area contributed by atoms with Gasteiger partial charge in [-0.2, -0.15) is 0 Å². The van der Waals surface area contributed by atoms with Gasteiger partial charge in [-0.05, 0) is 58.2 Å². The van der Waals surface area contributed by atoms with Crippen LogP contribution in [0, 0.1) is 12.8 Å². The van der Waals surface area contributed by atoms with Gasteiger partial charge in [-0.15, -0.1) is 11.3 Å². The molecule has 0 radical (unpaired) electrons. The maximum atomic E-state index is 12.4. The van der Waals surface area contributed by atoms with Crippen molar-refractivity contribution in [3.63, 3.8) is 0 Å². The summed E-state index contributed by atoms with van der Waals surface area (Å²) in [6.07, 6.45) is 4.50. The number of likely N-dealkylation sites (N-methyl/N-ethyl adjacent to an activating group) is 1. The van der Waals surface area contributed by atoms with Crippen LogP contribution in [0.25, 0.3) is 0 Å². The van der Waals surface area contributed by atoms with Crippen molar-refractivity contribution < 1.29 is 9.59 Å². The van der Waals surface area contributed by atoms with Gasteiger partial charge in [0.2, 0.25) is 5.91 Å². The zero-order chi connectivity index (χ0) is 16.6. The summed E-state index contributed by atoms with van der Waals surface area (Å²) in [5.74, 6) is 0.210. The van der Waals surface area contributed by atoms with Gasteiger partial charge >= 0.3 is 0 Å². The molecular weight excluding hydrogens is 310 g/mol. The second kappa shape index (κ2) is 6.61. The lowest BCUT2D eigenvalue weighted by Gasteiger charge is -2.24. The van der Waals surface area contributed by atoms with Gasteiger partial charge in [0.15, 0.2) is 0 Å². The largest absolute Gasteiger partial charge is 0.350 e. The fourth-order valence-corrected chi connectivity index (χ4v) is 3.64. The maximum Gasteiger partial charge on any atom is 0.261 e. The first-order chi connectivity index (χ1) is 11.0. The molecule has 6 heteroatoms. The number of carbonyl (C=O) groups is 2. The molecule has 1 aromatic heterocycles. The number of thiophene rings is 1. The lowest BCUT2D eigenvalue weighted by Crippen LogP contribution is -2.41. The number of amides is 2. The Bertz CT molecular complexity index is 605. The molecule has 0 aliphatic heterocycles. The fourth-order valence-electron chi connectivity index (χ4n) is 2.64. The maximum absolute atomic E-state index is 12.4. The molecule has 23 heavy (non-hydrogen) atoms. The van der Waals surface area contributed by atoms with E-state index in [9.17, 15) is 9.59 Å². The van der Waals surface area contributed by atoms with Gasteiger partial charge in [0, 0.05) is 24.5 Å². The van der Waals surface area contributed by atoms with Crippen LogP contribution in [-0.2, 0) is 4.79 Å². The van der Waals surface area contributed by atoms with Gasteiger partial charge in [0.25, 0.3) is 5.91 Å². The highest BCUT2D eigenvalue weighted by molar-refractivity contribution is 7.18. The predicted molar refractivity (Wildman–Crippen MR) is 93.0 cm³/mol. The summed E-state index contributed by atoms with van der Waals surface area (Å²) in [5.41, 5.74) is 0.918. The number of rotatable bonds is 7. The molecule has 2 saturated carbocycles. The van der Waals surface area contributed by atoms with E-state index in [4.69, 9.17) is 0 Å². The molecule has 1 heterocycles. The minimum absolute atomic E-state index is 0.0459. The lowest BCUT2D eigenvalue weighted by molar-refractivity contribution is -0.117. The van der Waals surface area contributed by atoms with Gasteiger partial charge < -0.3 is 10.6 Å². The van der Waals surface area contributed by atoms with E-state index >= 15 is 0 Å². The number of anilines is 1. The highest BCUT2D eigenvalue weighted by atomic mass is 32.1. The number of hydrogen-bond acceptors (Lipinski definition) is 4. The summed E-state index contributed by atoms with van der Waals surface area (Å²) >= 11 is 1.36. The Balaban J connectivity index is 1.53. The van der Waals surface area contributed by atoms with Crippen LogP contribution in [0.1, 0.15) is 47.8 Å². The summed E-state index contributed by atoms with van der Waals surface area (Å²) in [7, 11) is 2.12. The molecule has 2 N–H and O–H groups in total. The Kier molecular flexibility index (Phi) is 4.73. The number of aryl methyl sites for hydroxylation is 1. The van der Waals surface area contributed by atoms with Crippen molar-refractivity contribution in [2.24, 2.45) is 5.92 Å². The molecule has 0 unspecified atom stereocenters. The number of nitrogens with one attached hydrogen (secondary N) is 2. The van der Waals surface area contributed by atoms with Crippen LogP contribution in [0.3, 0.4) is 0 Å². The fraction of sp³-hybridized carbons (Fsp3) is 0.647. The van der Waals surface area contributed by atoms with Crippen LogP contribution in [0.15, 0.2) is 6.07 Å². The quantitative estimate of drug-likeness (QED) is 0.805. The Morgan fingerprint density at radius 1 is 1.35 bits per heavy atom. The van der Waals surface area contributed by atoms with Gasteiger partial charge in [0.05, 0.1) is 9.88 Å². The molecular formula is C17H25N3O2S. The first-order valence-electron chi connectivity index (χ1n) is 8.37. The van der Waals surface area contributed by atoms with Crippen LogP contribution in [0.4, 0.5) is 5.00 Å². The van der Waals surface area contributed by atoms with Crippen molar-refractivity contribution in [1.82, 2.24) is 10.2 Å². The Morgan fingerprint density at radius 3 is 2.65 bits per heavy atom. The molecule has 1 aromatic rings. The first-order valence-corrected chi connectivity index (χ1v) is 9.18. The van der Waals surface area contributed by atoms with Crippen molar-refractivity contribution in [2.75, 3.05) is 18.9 Å². The molecule has 2 amide bonds. The molecule has 3 rings (SSSR count). The van der Waals surface area contributed by atoms with E-state index in [1.165, 1.54) is 24.2 Å². The summed E-state index contributed by atoms with van der Waals surface area (Å²) in [5, 5.41) is 6.71. The molecule has 2 aliphatic carbocycles. The molecule has 0 bridgehead atoms. The third-order valence-corrected chi connectivity index (χ3v) is 5.85. The van der Waals surface area contributed by atoms with Crippen LogP contribution >= 0.6 is 11.3 Å². The number of hydrogen-bond donors (Lipinski definition) is 2. The van der Waals surface area contributed by atoms with E-state index in [0.717, 1.165) is 23.4 Å². The zero-order valence-corrected chi connectivity index (χ0v) is 14.8. The Labute approximate surface area is 141 Å². The third kappa shape index (κ3) is 4.12. The van der Waals surface area contributed by atoms with E-state index in [2.05, 4.69) is 29.5 Å². The van der Waals surface area contributed by atoms with Crippen LogP contribution in [-0.4, -0.2) is 42.4 Å². The summed E-state index contributed by atoms with van der Waals surface area (Å²) in [4.78, 5) is 27.2. The topological polar surface area (TPSA) is 61.4 Å². The van der Waals surface area contributed by atoms with Crippen LogP contribution < -0.4 is 10.6 Å². The van der Waals surface area contributed by atoms with Crippen molar-refractivity contribution >= 4 is 28.2 Å². The van der Waals surface area contributed by atoms with Crippen LogP contribution in [0.2, 0.25) is 0 Å². The Morgan fingerprint density at radius 2 is 2.04 bits per heavy atom.